The molecule has 0 aliphatic carbocycles. The largest absolute Gasteiger partial charge is 0.493 e. The van der Waals surface area contributed by atoms with Crippen molar-refractivity contribution >= 4 is 23.1 Å². The molecule has 12 heteroatoms. The molecule has 150 valence electrons. The van der Waals surface area contributed by atoms with Crippen LogP contribution in [0.1, 0.15) is 17.5 Å². The summed E-state index contributed by atoms with van der Waals surface area (Å²) in [7, 11) is 2.13. The van der Waals surface area contributed by atoms with E-state index < -0.39 is 53.3 Å². The number of alkyl halides is 5. The zero-order chi connectivity index (χ0) is 20.6. The Kier molecular flexibility index (Phi) is 5.80. The molecule has 27 heavy (non-hydrogen) atoms. The Labute approximate surface area is 155 Å². The fourth-order valence-electron chi connectivity index (χ4n) is 2.80. The lowest BCUT2D eigenvalue weighted by Gasteiger charge is -2.26. The molecule has 0 radical (unpaired) electrons. The third-order valence-electron chi connectivity index (χ3n) is 3.97. The van der Waals surface area contributed by atoms with Crippen molar-refractivity contribution in [1.82, 2.24) is 10.4 Å². The van der Waals surface area contributed by atoms with Crippen LogP contribution >= 0.6 is 12.2 Å². The van der Waals surface area contributed by atoms with Crippen LogP contribution in [0.2, 0.25) is 0 Å². The molecule has 0 saturated carbocycles. The van der Waals surface area contributed by atoms with Crippen LogP contribution in [0.15, 0.2) is 12.1 Å². The Morgan fingerprint density at radius 3 is 2.44 bits per heavy atom. The van der Waals surface area contributed by atoms with Crippen LogP contribution in [0.4, 0.5) is 22.0 Å². The summed E-state index contributed by atoms with van der Waals surface area (Å²) in [5.74, 6) is -5.36. The van der Waals surface area contributed by atoms with E-state index in [1.54, 1.807) is 0 Å². The number of nitrogens with one attached hydrogen (secondary N) is 1. The van der Waals surface area contributed by atoms with Crippen molar-refractivity contribution in [2.24, 2.45) is 0 Å². The molecular weight excluding hydrogens is 399 g/mol. The van der Waals surface area contributed by atoms with E-state index in [1.165, 1.54) is 5.48 Å². The molecule has 1 aliphatic heterocycles. The summed E-state index contributed by atoms with van der Waals surface area (Å²) in [5, 5.41) is 8.74. The van der Waals surface area contributed by atoms with E-state index in [1.807, 2.05) is 0 Å². The third kappa shape index (κ3) is 4.21. The topological polar surface area (TPSA) is 71.0 Å². The van der Waals surface area contributed by atoms with Gasteiger partial charge in [0.2, 0.25) is 0 Å². The number of thiocarbonyl (C=S) groups is 1. The van der Waals surface area contributed by atoms with E-state index in [9.17, 15) is 26.7 Å². The fourth-order valence-corrected chi connectivity index (χ4v) is 3.11. The molecule has 1 aromatic rings. The Bertz CT molecular complexity index is 756. The molecule has 2 rings (SSSR count). The Balaban J connectivity index is 2.53. The van der Waals surface area contributed by atoms with E-state index in [-0.39, 0.29) is 11.3 Å². The monoisotopic (exact) mass is 414 g/mol. The predicted octanol–water partition coefficient (Wildman–Crippen LogP) is 2.61. The van der Waals surface area contributed by atoms with Gasteiger partial charge >= 0.3 is 6.18 Å². The number of carbonyl (C=O) groups is 1. The van der Waals surface area contributed by atoms with Gasteiger partial charge in [-0.1, -0.05) is 12.2 Å². The number of halogens is 5. The fraction of sp³-hybridized carbons (Fsp3) is 0.467. The normalized spacial score (nSPS) is 19.0. The van der Waals surface area contributed by atoms with Gasteiger partial charge in [-0.2, -0.15) is 13.2 Å². The summed E-state index contributed by atoms with van der Waals surface area (Å²) in [6.45, 7) is -0.986. The van der Waals surface area contributed by atoms with Crippen LogP contribution in [0, 0.1) is 0 Å². The smallest absolute Gasteiger partial charge is 0.420 e. The molecule has 1 fully saturated rings. The van der Waals surface area contributed by atoms with E-state index >= 15 is 0 Å². The lowest BCUT2D eigenvalue weighted by molar-refractivity contribution is -0.139. The minimum atomic E-state index is -4.83. The second-order valence-electron chi connectivity index (χ2n) is 5.74. The highest BCUT2D eigenvalue weighted by Gasteiger charge is 2.49. The van der Waals surface area contributed by atoms with Gasteiger partial charge in [0.25, 0.3) is 11.8 Å². The first-order valence-electron chi connectivity index (χ1n) is 7.41. The van der Waals surface area contributed by atoms with Gasteiger partial charge in [0.1, 0.15) is 16.6 Å². The van der Waals surface area contributed by atoms with E-state index in [0.29, 0.717) is 6.07 Å². The number of carbonyl (C=O) groups excluding carboxylic acids is 1. The standard InChI is InChI=1S/C15H15F5N2O4S/c1-25-10-4-7(3-8(11(10)26-2)15(18,19)20)13(27)22-6-14(16,17)5-9(22)12(23)21-24/h3-4,9,24H,5-6H2,1-2H3,(H,21,23). The number of amides is 1. The van der Waals surface area contributed by atoms with Gasteiger partial charge in [-0.15, -0.1) is 0 Å². The average Bonchev–Trinajstić information content (AvgIpc) is 2.93. The molecule has 1 amide bonds. The number of benzene rings is 1. The zero-order valence-corrected chi connectivity index (χ0v) is 14.9. The maximum Gasteiger partial charge on any atom is 0.420 e. The van der Waals surface area contributed by atoms with Gasteiger partial charge < -0.3 is 14.4 Å². The maximum atomic E-state index is 13.8. The molecule has 0 aromatic heterocycles. The number of nitrogens with zero attached hydrogens (tertiary/aromatic N) is 1. The quantitative estimate of drug-likeness (QED) is 0.342. The minimum Gasteiger partial charge on any atom is -0.493 e. The number of hydroxylamine groups is 1. The van der Waals surface area contributed by atoms with E-state index in [2.05, 4.69) is 0 Å². The molecule has 0 spiro atoms. The summed E-state index contributed by atoms with van der Waals surface area (Å²) >= 11 is 5.06. The van der Waals surface area contributed by atoms with Crippen molar-refractivity contribution in [3.63, 3.8) is 0 Å². The van der Waals surface area contributed by atoms with Gasteiger partial charge in [0.15, 0.2) is 11.5 Å². The lowest BCUT2D eigenvalue weighted by atomic mass is 10.1. The molecule has 0 bridgehead atoms. The molecule has 1 saturated heterocycles. The van der Waals surface area contributed by atoms with E-state index in [4.69, 9.17) is 26.9 Å². The van der Waals surface area contributed by atoms with Crippen molar-refractivity contribution < 1.29 is 41.4 Å². The van der Waals surface area contributed by atoms with Crippen LogP contribution < -0.4 is 15.0 Å². The minimum absolute atomic E-state index is 0.261. The highest BCUT2D eigenvalue weighted by atomic mass is 32.1. The SMILES string of the molecule is COc1cc(C(=S)N2CC(F)(F)CC2C(=O)NO)cc(C(F)(F)F)c1OC. The van der Waals surface area contributed by atoms with Crippen LogP contribution in [-0.2, 0) is 11.0 Å². The van der Waals surface area contributed by atoms with Gasteiger partial charge in [-0.05, 0) is 12.1 Å². The molecule has 1 atom stereocenters. The summed E-state index contributed by atoms with van der Waals surface area (Å²) < 4.78 is 77.2. The number of hydrogen-bond donors (Lipinski definition) is 2. The number of ether oxygens (including phenoxy) is 2. The maximum absolute atomic E-state index is 13.8. The molecule has 1 aliphatic rings. The van der Waals surface area contributed by atoms with E-state index in [0.717, 1.165) is 25.2 Å². The molecule has 1 aromatic carbocycles. The number of hydrogen-bond acceptors (Lipinski definition) is 5. The molecule has 2 N–H and O–H groups in total. The van der Waals surface area contributed by atoms with Crippen molar-refractivity contribution in [3.05, 3.63) is 23.3 Å². The molecule has 1 unspecified atom stereocenters. The first kappa shape index (κ1) is 21.1. The Morgan fingerprint density at radius 2 is 1.96 bits per heavy atom. The Morgan fingerprint density at radius 1 is 1.33 bits per heavy atom. The van der Waals surface area contributed by atoms with Gasteiger partial charge in [0.05, 0.1) is 20.8 Å². The summed E-state index contributed by atoms with van der Waals surface area (Å²) in [6.07, 6.45) is -5.78. The van der Waals surface area contributed by atoms with Crippen molar-refractivity contribution in [1.29, 1.82) is 0 Å². The van der Waals surface area contributed by atoms with Gasteiger partial charge in [-0.3, -0.25) is 10.0 Å². The highest BCUT2D eigenvalue weighted by molar-refractivity contribution is 7.80. The predicted molar refractivity (Wildman–Crippen MR) is 86.2 cm³/mol. The molecule has 6 nitrogen and oxygen atoms in total. The summed E-state index contributed by atoms with van der Waals surface area (Å²) in [4.78, 5) is 12.0. The van der Waals surface area contributed by atoms with Gasteiger partial charge in [-0.25, -0.2) is 14.3 Å². The summed E-state index contributed by atoms with van der Waals surface area (Å²) in [6, 6.07) is 0.189. The number of likely N-dealkylation sites (tertiary alicyclic amines) is 1. The van der Waals surface area contributed by atoms with Gasteiger partial charge in [0, 0.05) is 12.0 Å². The summed E-state index contributed by atoms with van der Waals surface area (Å²) in [5.41, 5.74) is -0.214. The first-order valence-corrected chi connectivity index (χ1v) is 7.82. The molecule has 1 heterocycles. The second kappa shape index (κ2) is 7.43. The highest BCUT2D eigenvalue weighted by Crippen LogP contribution is 2.43. The van der Waals surface area contributed by atoms with Crippen molar-refractivity contribution in [2.75, 3.05) is 20.8 Å². The van der Waals surface area contributed by atoms with Crippen LogP contribution in [0.25, 0.3) is 0 Å². The average molecular weight is 414 g/mol. The number of methoxy groups -OCH3 is 2. The van der Waals surface area contributed by atoms with Crippen molar-refractivity contribution in [3.8, 4) is 11.5 Å². The van der Waals surface area contributed by atoms with Crippen LogP contribution in [-0.4, -0.2) is 53.7 Å². The van der Waals surface area contributed by atoms with Crippen LogP contribution in [0.3, 0.4) is 0 Å². The number of rotatable bonds is 4. The first-order chi connectivity index (χ1) is 12.4. The lowest BCUT2D eigenvalue weighted by Crippen LogP contribution is -2.44. The third-order valence-corrected chi connectivity index (χ3v) is 4.45. The van der Waals surface area contributed by atoms with Crippen LogP contribution in [0.5, 0.6) is 11.5 Å². The molecular formula is C15H15F5N2O4S. The Hall–Kier alpha value is -2.21. The second-order valence-corrected chi connectivity index (χ2v) is 6.13. The van der Waals surface area contributed by atoms with Crippen molar-refractivity contribution in [2.45, 2.75) is 24.6 Å². The zero-order valence-electron chi connectivity index (χ0n) is 14.1.